The van der Waals surface area contributed by atoms with Crippen LogP contribution in [0.15, 0.2) is 170 Å². The monoisotopic (exact) mass is 666 g/mol. The second kappa shape index (κ2) is 11.6. The average molecular weight is 667 g/mol. The van der Waals surface area contributed by atoms with E-state index in [2.05, 4.69) is 0 Å². The van der Waals surface area contributed by atoms with E-state index in [0.717, 1.165) is 39.2 Å². The molecule has 7 aromatic carbocycles. The number of rotatable bonds is 5. The van der Waals surface area contributed by atoms with Crippen molar-refractivity contribution in [1.82, 2.24) is 19.5 Å². The van der Waals surface area contributed by atoms with Crippen molar-refractivity contribution in [3.8, 4) is 51.0 Å². The number of nitrogens with zero attached hydrogens (tertiary/aromatic N) is 4. The summed E-state index contributed by atoms with van der Waals surface area (Å²) < 4.78 is 90.5. The molecular weight excluding hydrogens is 629 g/mol. The largest absolute Gasteiger partial charge is 0.308 e. The lowest BCUT2D eigenvalue weighted by Crippen LogP contribution is -2.00. The first kappa shape index (κ1) is 20.2. The van der Waals surface area contributed by atoms with Gasteiger partial charge in [0.05, 0.1) is 29.4 Å². The summed E-state index contributed by atoms with van der Waals surface area (Å²) in [6.07, 6.45) is 0. The molecule has 10 rings (SSSR count). The van der Waals surface area contributed by atoms with E-state index in [1.807, 2.05) is 103 Å². The van der Waals surface area contributed by atoms with Gasteiger partial charge in [-0.2, -0.15) is 0 Å². The molecule has 0 spiro atoms. The van der Waals surface area contributed by atoms with Crippen molar-refractivity contribution in [2.45, 2.75) is 0 Å². The molecule has 234 valence electrons. The lowest BCUT2D eigenvalue weighted by atomic mass is 10.0. The molecule has 0 aliphatic rings. The highest BCUT2D eigenvalue weighted by atomic mass is 32.1. The number of benzene rings is 7. The third-order valence-corrected chi connectivity index (χ3v) is 9.83. The van der Waals surface area contributed by atoms with Crippen molar-refractivity contribution in [1.29, 1.82) is 0 Å². The van der Waals surface area contributed by atoms with Gasteiger partial charge in [-0.25, -0.2) is 15.0 Å². The lowest BCUT2D eigenvalue weighted by Gasteiger charge is -2.12. The van der Waals surface area contributed by atoms with Crippen LogP contribution in [-0.4, -0.2) is 19.5 Å². The Morgan fingerprint density at radius 3 is 1.76 bits per heavy atom. The Labute approximate surface area is 306 Å². The van der Waals surface area contributed by atoms with Crippen molar-refractivity contribution in [2.24, 2.45) is 0 Å². The summed E-state index contributed by atoms with van der Waals surface area (Å²) in [6, 6.07) is 30.8. The van der Waals surface area contributed by atoms with Gasteiger partial charge in [-0.15, -0.1) is 11.3 Å². The molecule has 4 nitrogen and oxygen atoms in total. The molecular formula is C45H28N4S. The van der Waals surface area contributed by atoms with Crippen LogP contribution in [0.25, 0.3) is 93.0 Å². The number of hydrogen-bond donors (Lipinski definition) is 0. The van der Waals surface area contributed by atoms with Crippen LogP contribution in [0.2, 0.25) is 0 Å². The normalized spacial score (nSPS) is 14.4. The zero-order valence-electron chi connectivity index (χ0n) is 36.1. The molecule has 10 aromatic rings. The maximum absolute atomic E-state index is 9.32. The van der Waals surface area contributed by atoms with Crippen LogP contribution >= 0.6 is 11.3 Å². The SMILES string of the molecule is [2H]c1c([2H])c([2H])c2c(sc3c2c([2H])c([2H])c2c4c([2H])c([2H])c([2H])c([2H])c4n(-c4cccc(-c5cccc(-c6nc(-c7ccccc7)nc(-c7ccccc7)n6)c5)c4)c32)c1[2H]. The minimum atomic E-state index is -0.483. The average Bonchev–Trinajstić information content (AvgIpc) is 3.87. The van der Waals surface area contributed by atoms with Gasteiger partial charge in [0, 0.05) is 48.6 Å². The maximum atomic E-state index is 9.32. The Morgan fingerprint density at radius 2 is 1.02 bits per heavy atom. The van der Waals surface area contributed by atoms with Crippen LogP contribution in [0, 0.1) is 0 Å². The van der Waals surface area contributed by atoms with Crippen molar-refractivity contribution < 1.29 is 13.7 Å². The second-order valence-electron chi connectivity index (χ2n) is 11.7. The van der Waals surface area contributed by atoms with Crippen LogP contribution in [0.5, 0.6) is 0 Å². The summed E-state index contributed by atoms with van der Waals surface area (Å²) in [5.41, 5.74) is 4.86. The van der Waals surface area contributed by atoms with E-state index in [0.29, 0.717) is 33.4 Å². The minimum absolute atomic E-state index is 0.0686. The standard InChI is InChI=1S/C45H28N4S/c1-3-13-29(14-4-1)43-46-44(30-15-5-2-6-16-30)48-45(47-43)33-19-11-17-31(27-33)32-18-12-20-34(28-32)49-39-23-9-7-21-35(39)37-25-26-38-36-22-8-10-24-40(36)50-42(38)41(37)49/h1-28H/i7D,8D,9D,10D,21D,22D,23D,24D,25D,26D. The van der Waals surface area contributed by atoms with Crippen molar-refractivity contribution in [3.05, 3.63) is 170 Å². The van der Waals surface area contributed by atoms with Crippen molar-refractivity contribution >= 4 is 53.3 Å². The summed E-state index contributed by atoms with van der Waals surface area (Å²) in [7, 11) is 0. The molecule has 0 N–H and O–H groups in total. The molecule has 0 radical (unpaired) electrons. The Balaban J connectivity index is 1.23. The van der Waals surface area contributed by atoms with Crippen LogP contribution in [-0.2, 0) is 0 Å². The number of para-hydroxylation sites is 1. The highest BCUT2D eigenvalue weighted by Crippen LogP contribution is 2.43. The second-order valence-corrected chi connectivity index (χ2v) is 12.7. The van der Waals surface area contributed by atoms with E-state index in [-0.39, 0.29) is 68.0 Å². The molecule has 0 aliphatic carbocycles. The van der Waals surface area contributed by atoms with E-state index in [4.69, 9.17) is 25.9 Å². The zero-order valence-corrected chi connectivity index (χ0v) is 26.9. The van der Waals surface area contributed by atoms with Gasteiger partial charge < -0.3 is 4.57 Å². The topological polar surface area (TPSA) is 43.6 Å². The Bertz CT molecular complexity index is 3390. The van der Waals surface area contributed by atoms with E-state index < -0.39 is 24.2 Å². The molecule has 0 saturated carbocycles. The van der Waals surface area contributed by atoms with Crippen LogP contribution in [0.4, 0.5) is 0 Å². The van der Waals surface area contributed by atoms with Gasteiger partial charge in [0.25, 0.3) is 0 Å². The number of hydrogen-bond acceptors (Lipinski definition) is 4. The first-order valence-corrected chi connectivity index (χ1v) is 16.7. The maximum Gasteiger partial charge on any atom is 0.164 e. The molecule has 0 fully saturated rings. The van der Waals surface area contributed by atoms with Gasteiger partial charge in [0.1, 0.15) is 0 Å². The number of aromatic nitrogens is 4. The molecule has 0 atom stereocenters. The first-order chi connectivity index (χ1) is 28.9. The van der Waals surface area contributed by atoms with Gasteiger partial charge in [-0.1, -0.05) is 139 Å². The van der Waals surface area contributed by atoms with Crippen LogP contribution in [0.1, 0.15) is 13.7 Å². The van der Waals surface area contributed by atoms with Gasteiger partial charge >= 0.3 is 0 Å². The fraction of sp³-hybridized carbons (Fsp3) is 0. The van der Waals surface area contributed by atoms with E-state index in [1.165, 1.54) is 0 Å². The Morgan fingerprint density at radius 1 is 0.460 bits per heavy atom. The summed E-state index contributed by atoms with van der Waals surface area (Å²) in [5, 5.41) is 0.471. The summed E-state index contributed by atoms with van der Waals surface area (Å²) >= 11 is 1.05. The van der Waals surface area contributed by atoms with Gasteiger partial charge in [-0.3, -0.25) is 0 Å². The van der Waals surface area contributed by atoms with Crippen LogP contribution in [0.3, 0.4) is 0 Å². The predicted molar refractivity (Wildman–Crippen MR) is 209 cm³/mol. The third-order valence-electron chi connectivity index (χ3n) is 8.72. The molecule has 0 saturated heterocycles. The summed E-state index contributed by atoms with van der Waals surface area (Å²) in [6.45, 7) is 0. The quantitative estimate of drug-likeness (QED) is 0.184. The van der Waals surface area contributed by atoms with Crippen LogP contribution < -0.4 is 0 Å². The van der Waals surface area contributed by atoms with Crippen molar-refractivity contribution in [3.63, 3.8) is 0 Å². The fourth-order valence-corrected chi connectivity index (χ4v) is 7.53. The van der Waals surface area contributed by atoms with Gasteiger partial charge in [0.2, 0.25) is 0 Å². The molecule has 0 bridgehead atoms. The molecule has 3 aromatic heterocycles. The Hall–Kier alpha value is -6.43. The predicted octanol–water partition coefficient (Wildman–Crippen LogP) is 12.0. The lowest BCUT2D eigenvalue weighted by molar-refractivity contribution is 1.07. The highest BCUT2D eigenvalue weighted by Gasteiger charge is 2.18. The molecule has 0 aliphatic heterocycles. The first-order valence-electron chi connectivity index (χ1n) is 20.9. The van der Waals surface area contributed by atoms with Crippen molar-refractivity contribution in [2.75, 3.05) is 0 Å². The molecule has 0 amide bonds. The summed E-state index contributed by atoms with van der Waals surface area (Å²) in [5.74, 6) is 1.51. The minimum Gasteiger partial charge on any atom is -0.308 e. The molecule has 0 unspecified atom stereocenters. The summed E-state index contributed by atoms with van der Waals surface area (Å²) in [4.78, 5) is 14.6. The molecule has 5 heteroatoms. The third kappa shape index (κ3) is 4.71. The van der Waals surface area contributed by atoms with E-state index in [1.54, 1.807) is 10.6 Å². The van der Waals surface area contributed by atoms with E-state index in [9.17, 15) is 2.74 Å². The smallest absolute Gasteiger partial charge is 0.164 e. The number of thiophene rings is 1. The zero-order chi connectivity index (χ0) is 41.7. The highest BCUT2D eigenvalue weighted by molar-refractivity contribution is 7.26. The number of fused-ring (bicyclic) bond motifs is 7. The molecule has 3 heterocycles. The van der Waals surface area contributed by atoms with Gasteiger partial charge in [-0.05, 0) is 41.4 Å². The van der Waals surface area contributed by atoms with Gasteiger partial charge in [0.15, 0.2) is 17.5 Å². The molecule has 50 heavy (non-hydrogen) atoms. The fourth-order valence-electron chi connectivity index (χ4n) is 6.42. The Kier molecular flexibility index (Phi) is 4.69. The van der Waals surface area contributed by atoms with E-state index >= 15 is 0 Å².